The first kappa shape index (κ1) is 22.1. The van der Waals surface area contributed by atoms with Gasteiger partial charge in [-0.25, -0.2) is 0 Å². The van der Waals surface area contributed by atoms with Crippen molar-refractivity contribution in [1.29, 1.82) is 0 Å². The number of nitrogens with two attached hydrogens (primary N) is 1. The first-order chi connectivity index (χ1) is 15.3. The number of ether oxygens (including phenoxy) is 1. The number of fused-ring (bicyclic) bond motifs is 1. The van der Waals surface area contributed by atoms with E-state index in [1.165, 1.54) is 6.07 Å². The average molecular weight is 459 g/mol. The molecule has 168 valence electrons. The molecule has 2 heterocycles. The van der Waals surface area contributed by atoms with Gasteiger partial charge in [-0.2, -0.15) is 0 Å². The van der Waals surface area contributed by atoms with E-state index in [-0.39, 0.29) is 29.0 Å². The van der Waals surface area contributed by atoms with E-state index < -0.39 is 29.2 Å². The molecule has 1 fully saturated rings. The van der Waals surface area contributed by atoms with Gasteiger partial charge in [-0.3, -0.25) is 9.59 Å². The van der Waals surface area contributed by atoms with Crippen molar-refractivity contribution in [2.24, 2.45) is 5.73 Å². The first-order valence-electron chi connectivity index (χ1n) is 10.2. The maximum absolute atomic E-state index is 13.0. The van der Waals surface area contributed by atoms with Crippen molar-refractivity contribution in [3.05, 3.63) is 57.2 Å². The molecule has 1 aliphatic heterocycles. The maximum atomic E-state index is 13.0. The van der Waals surface area contributed by atoms with E-state index in [9.17, 15) is 19.8 Å². The fourth-order valence-electron chi connectivity index (χ4n) is 4.21. The largest absolute Gasteiger partial charge is 0.507 e. The lowest BCUT2D eigenvalue weighted by atomic mass is 9.85. The number of nitrogens with zero attached hydrogens (tertiary/aromatic N) is 1. The van der Waals surface area contributed by atoms with E-state index in [4.69, 9.17) is 26.5 Å². The fourth-order valence-corrected chi connectivity index (χ4v) is 4.44. The molecule has 1 aliphatic rings. The summed E-state index contributed by atoms with van der Waals surface area (Å²) in [6, 6.07) is 9.25. The van der Waals surface area contributed by atoms with Crippen molar-refractivity contribution in [3.8, 4) is 22.8 Å². The highest BCUT2D eigenvalue weighted by Crippen LogP contribution is 2.43. The summed E-state index contributed by atoms with van der Waals surface area (Å²) in [5.41, 5.74) is 5.77. The molecule has 32 heavy (non-hydrogen) atoms. The predicted molar refractivity (Wildman–Crippen MR) is 120 cm³/mol. The predicted octanol–water partition coefficient (Wildman–Crippen LogP) is 2.81. The van der Waals surface area contributed by atoms with Gasteiger partial charge in [0.2, 0.25) is 0 Å². The Kier molecular flexibility index (Phi) is 6.10. The zero-order chi connectivity index (χ0) is 23.0. The van der Waals surface area contributed by atoms with Crippen LogP contribution in [0.4, 0.5) is 0 Å². The van der Waals surface area contributed by atoms with Crippen LogP contribution in [0.3, 0.4) is 0 Å². The molecule has 0 radical (unpaired) electrons. The Morgan fingerprint density at radius 2 is 2.03 bits per heavy atom. The second kappa shape index (κ2) is 8.82. The molecule has 1 saturated heterocycles. The zero-order valence-electron chi connectivity index (χ0n) is 17.4. The third-order valence-electron chi connectivity index (χ3n) is 5.72. The fraction of sp³-hybridized carbons (Fsp3) is 0.304. The number of rotatable bonds is 4. The Balaban J connectivity index is 1.95. The molecule has 4 rings (SSSR count). The van der Waals surface area contributed by atoms with Crippen LogP contribution in [0, 0.1) is 0 Å². The second-order valence-electron chi connectivity index (χ2n) is 7.88. The lowest BCUT2D eigenvalue weighted by Gasteiger charge is -2.36. The lowest BCUT2D eigenvalue weighted by Crippen LogP contribution is -2.44. The number of piperidine rings is 1. The molecule has 1 aromatic heterocycles. The van der Waals surface area contributed by atoms with E-state index in [2.05, 4.69) is 0 Å². The van der Waals surface area contributed by atoms with Gasteiger partial charge in [-0.05, 0) is 32.1 Å². The first-order valence-corrected chi connectivity index (χ1v) is 10.5. The van der Waals surface area contributed by atoms with Gasteiger partial charge in [0.1, 0.15) is 34.3 Å². The normalized spacial score (nSPS) is 19.2. The highest BCUT2D eigenvalue weighted by Gasteiger charge is 2.36. The van der Waals surface area contributed by atoms with Gasteiger partial charge in [-0.15, -0.1) is 0 Å². The molecular formula is C23H23ClN2O6. The van der Waals surface area contributed by atoms with Crippen molar-refractivity contribution < 1.29 is 24.2 Å². The summed E-state index contributed by atoms with van der Waals surface area (Å²) in [6.07, 6.45) is -0.107. The molecule has 4 N–H and O–H groups in total. The van der Waals surface area contributed by atoms with Gasteiger partial charge in [0.25, 0.3) is 0 Å². The summed E-state index contributed by atoms with van der Waals surface area (Å²) in [4.78, 5) is 26.9. The highest BCUT2D eigenvalue weighted by molar-refractivity contribution is 6.33. The SMILES string of the molecule is CN1CC[C@H](c2c(O)cc(O)c3c(=O)cc(-c4ccccc4Cl)oc23)[C@H](OC(=O)CN)C1. The summed E-state index contributed by atoms with van der Waals surface area (Å²) < 4.78 is 11.6. The van der Waals surface area contributed by atoms with Crippen LogP contribution in [0.5, 0.6) is 11.5 Å². The number of halogens is 1. The van der Waals surface area contributed by atoms with E-state index in [1.807, 2.05) is 11.9 Å². The van der Waals surface area contributed by atoms with Gasteiger partial charge in [-0.1, -0.05) is 23.7 Å². The van der Waals surface area contributed by atoms with Crippen molar-refractivity contribution in [3.63, 3.8) is 0 Å². The Morgan fingerprint density at radius 1 is 1.28 bits per heavy atom. The number of likely N-dealkylation sites (N-methyl/N-ethyl adjacent to an activating group) is 1. The molecule has 0 amide bonds. The summed E-state index contributed by atoms with van der Waals surface area (Å²) in [5.74, 6) is -1.50. The van der Waals surface area contributed by atoms with Crippen LogP contribution in [-0.4, -0.2) is 53.9 Å². The molecule has 2 atom stereocenters. The van der Waals surface area contributed by atoms with E-state index in [0.717, 1.165) is 6.07 Å². The number of hydrogen-bond acceptors (Lipinski definition) is 8. The number of benzene rings is 2. The van der Waals surface area contributed by atoms with E-state index in [0.29, 0.717) is 35.7 Å². The van der Waals surface area contributed by atoms with Crippen molar-refractivity contribution in [2.75, 3.05) is 26.7 Å². The number of hydrogen-bond donors (Lipinski definition) is 3. The van der Waals surface area contributed by atoms with Gasteiger partial charge in [0, 0.05) is 35.7 Å². The summed E-state index contributed by atoms with van der Waals surface area (Å²) in [5, 5.41) is 21.5. The molecule has 0 aliphatic carbocycles. The number of likely N-dealkylation sites (tertiary alicyclic amines) is 1. The molecule has 9 heteroatoms. The number of carbonyl (C=O) groups is 1. The number of aromatic hydroxyl groups is 2. The topological polar surface area (TPSA) is 126 Å². The van der Waals surface area contributed by atoms with Crippen LogP contribution in [0.15, 0.2) is 45.6 Å². The van der Waals surface area contributed by atoms with Crippen molar-refractivity contribution >= 4 is 28.5 Å². The minimum Gasteiger partial charge on any atom is -0.507 e. The minimum atomic E-state index is -0.627. The van der Waals surface area contributed by atoms with Crippen LogP contribution < -0.4 is 11.2 Å². The van der Waals surface area contributed by atoms with E-state index in [1.54, 1.807) is 24.3 Å². The second-order valence-corrected chi connectivity index (χ2v) is 8.28. The molecule has 0 spiro atoms. The van der Waals surface area contributed by atoms with Crippen molar-refractivity contribution in [2.45, 2.75) is 18.4 Å². The van der Waals surface area contributed by atoms with Crippen LogP contribution in [-0.2, 0) is 9.53 Å². The molecule has 0 bridgehead atoms. The monoisotopic (exact) mass is 458 g/mol. The highest BCUT2D eigenvalue weighted by atomic mass is 35.5. The quantitative estimate of drug-likeness (QED) is 0.509. The molecule has 0 unspecified atom stereocenters. The van der Waals surface area contributed by atoms with Gasteiger partial charge in [0.15, 0.2) is 5.43 Å². The van der Waals surface area contributed by atoms with Gasteiger partial charge >= 0.3 is 5.97 Å². The molecule has 2 aromatic carbocycles. The molecule has 3 aromatic rings. The number of phenolic OH excluding ortho intramolecular Hbond substituents is 2. The Bertz CT molecular complexity index is 1240. The molecule has 0 saturated carbocycles. The zero-order valence-corrected chi connectivity index (χ0v) is 18.1. The van der Waals surface area contributed by atoms with Crippen LogP contribution in [0.1, 0.15) is 17.9 Å². The summed E-state index contributed by atoms with van der Waals surface area (Å²) in [6.45, 7) is 0.797. The van der Waals surface area contributed by atoms with Gasteiger partial charge in [0.05, 0.1) is 11.6 Å². The number of carbonyl (C=O) groups excluding carboxylic acids is 1. The van der Waals surface area contributed by atoms with Crippen LogP contribution in [0.2, 0.25) is 5.02 Å². The lowest BCUT2D eigenvalue weighted by molar-refractivity contribution is -0.150. The van der Waals surface area contributed by atoms with Crippen molar-refractivity contribution in [1.82, 2.24) is 4.90 Å². The maximum Gasteiger partial charge on any atom is 0.320 e. The standard InChI is InChI=1S/C23H23ClN2O6/c1-26-7-6-13(19(11-26)31-20(30)10-25)21-15(27)8-16(28)22-17(29)9-18(32-23(21)22)12-4-2-3-5-14(12)24/h2-5,8-9,13,19,27-28H,6-7,10-11,25H2,1H3/t13-,19+/m0/s1. The number of esters is 1. The van der Waals surface area contributed by atoms with E-state index >= 15 is 0 Å². The Morgan fingerprint density at radius 3 is 2.75 bits per heavy atom. The Labute approximate surface area is 188 Å². The third kappa shape index (κ3) is 4.04. The summed E-state index contributed by atoms with van der Waals surface area (Å²) in [7, 11) is 1.89. The van der Waals surface area contributed by atoms with Crippen LogP contribution >= 0.6 is 11.6 Å². The smallest absolute Gasteiger partial charge is 0.320 e. The van der Waals surface area contributed by atoms with Crippen LogP contribution in [0.25, 0.3) is 22.3 Å². The molecule has 8 nitrogen and oxygen atoms in total. The molecular weight excluding hydrogens is 436 g/mol. The Hall–Kier alpha value is -3.07. The minimum absolute atomic E-state index is 0.0354. The van der Waals surface area contributed by atoms with Gasteiger partial charge < -0.3 is 30.0 Å². The number of phenols is 2. The average Bonchev–Trinajstić information content (AvgIpc) is 2.74. The third-order valence-corrected chi connectivity index (χ3v) is 6.05. The summed E-state index contributed by atoms with van der Waals surface area (Å²) >= 11 is 6.29.